The van der Waals surface area contributed by atoms with Crippen LogP contribution >= 0.6 is 0 Å². The second kappa shape index (κ2) is 10.1. The van der Waals surface area contributed by atoms with E-state index in [1.807, 2.05) is 0 Å². The molecule has 2 N–H and O–H groups in total. The van der Waals surface area contributed by atoms with E-state index >= 15 is 0 Å². The summed E-state index contributed by atoms with van der Waals surface area (Å²) in [5.74, 6) is -0.947. The van der Waals surface area contributed by atoms with Crippen LogP contribution < -0.4 is 10.2 Å². The van der Waals surface area contributed by atoms with E-state index < -0.39 is 5.97 Å². The second-order valence-corrected chi connectivity index (χ2v) is 7.68. The molecule has 162 valence electrons. The summed E-state index contributed by atoms with van der Waals surface area (Å²) in [6.45, 7) is 4.33. The summed E-state index contributed by atoms with van der Waals surface area (Å²) in [6.07, 6.45) is 4.02. The van der Waals surface area contributed by atoms with Gasteiger partial charge < -0.3 is 15.3 Å². The molecule has 0 bridgehead atoms. The van der Waals surface area contributed by atoms with Crippen LogP contribution in [-0.4, -0.2) is 42.1 Å². The summed E-state index contributed by atoms with van der Waals surface area (Å²) in [7, 11) is 5.97. The van der Waals surface area contributed by atoms with Crippen molar-refractivity contribution in [1.82, 2.24) is 9.88 Å². The fourth-order valence-electron chi connectivity index (χ4n) is 3.64. The van der Waals surface area contributed by atoms with Crippen LogP contribution in [0.15, 0.2) is 60.9 Å². The Kier molecular flexibility index (Phi) is 7.26. The van der Waals surface area contributed by atoms with Crippen LogP contribution in [0.1, 0.15) is 34.0 Å². The van der Waals surface area contributed by atoms with E-state index in [1.54, 1.807) is 7.05 Å². The van der Waals surface area contributed by atoms with Crippen LogP contribution in [0.2, 0.25) is 0 Å². The van der Waals surface area contributed by atoms with E-state index in [2.05, 4.69) is 83.6 Å². The van der Waals surface area contributed by atoms with Crippen LogP contribution in [0.5, 0.6) is 0 Å². The third-order valence-electron chi connectivity index (χ3n) is 5.51. The maximum absolute atomic E-state index is 10.5. The highest BCUT2D eigenvalue weighted by molar-refractivity contribution is 5.93. The number of carboxylic acids is 1. The van der Waals surface area contributed by atoms with E-state index in [0.29, 0.717) is 5.69 Å². The molecule has 0 aliphatic carbocycles. The molecule has 1 aliphatic heterocycles. The van der Waals surface area contributed by atoms with Gasteiger partial charge in [0, 0.05) is 44.8 Å². The molecule has 31 heavy (non-hydrogen) atoms. The Hall–Kier alpha value is -3.38. The van der Waals surface area contributed by atoms with E-state index in [4.69, 9.17) is 5.11 Å². The highest BCUT2D eigenvalue weighted by Crippen LogP contribution is 2.29. The molecule has 0 saturated carbocycles. The van der Waals surface area contributed by atoms with Gasteiger partial charge in [0.1, 0.15) is 0 Å². The van der Waals surface area contributed by atoms with E-state index in [-0.39, 0.29) is 5.56 Å². The molecule has 4 rings (SSSR count). The van der Waals surface area contributed by atoms with Crippen LogP contribution in [0.4, 0.5) is 17.1 Å². The van der Waals surface area contributed by atoms with Crippen molar-refractivity contribution in [3.05, 3.63) is 83.2 Å². The predicted molar refractivity (Wildman–Crippen MR) is 126 cm³/mol. The Labute approximate surface area is 184 Å². The number of pyridine rings is 1. The number of carboxylic acid groups (broad SMARTS) is 1. The molecule has 6 nitrogen and oxygen atoms in total. The molecule has 0 atom stereocenters. The van der Waals surface area contributed by atoms with Gasteiger partial charge >= 0.3 is 5.97 Å². The lowest BCUT2D eigenvalue weighted by atomic mass is 10.1. The van der Waals surface area contributed by atoms with Crippen molar-refractivity contribution < 1.29 is 9.90 Å². The molecule has 0 spiro atoms. The standard InChI is InChI=1S/C18H22N2.C7H8N2O2/c1-4-14-5-8-17(9-6-14)20(3)18-10-7-15-12-19(2)13-16(15)11-18;1-8-6-4-9-3-2-5(6)7(10)11/h5-11H,4,12-13H2,1-3H3;2-4,8H,1H3,(H,10,11). The lowest BCUT2D eigenvalue weighted by Crippen LogP contribution is -2.10. The summed E-state index contributed by atoms with van der Waals surface area (Å²) in [5.41, 5.74) is 7.59. The Bertz CT molecular complexity index is 1030. The number of nitrogens with one attached hydrogen (secondary N) is 1. The van der Waals surface area contributed by atoms with Crippen molar-refractivity contribution in [1.29, 1.82) is 0 Å². The minimum Gasteiger partial charge on any atom is -0.478 e. The molecule has 0 radical (unpaired) electrons. The molecule has 1 aliphatic rings. The average Bonchev–Trinajstić information content (AvgIpc) is 3.18. The Morgan fingerprint density at radius 3 is 2.39 bits per heavy atom. The van der Waals surface area contributed by atoms with Gasteiger partial charge in [-0.2, -0.15) is 0 Å². The number of anilines is 3. The van der Waals surface area contributed by atoms with E-state index in [1.165, 1.54) is 46.5 Å². The predicted octanol–water partition coefficient (Wildman–Crippen LogP) is 4.78. The van der Waals surface area contributed by atoms with Crippen LogP contribution in [0.25, 0.3) is 0 Å². The number of aryl methyl sites for hydroxylation is 1. The monoisotopic (exact) mass is 418 g/mol. The number of aromatic nitrogens is 1. The summed E-state index contributed by atoms with van der Waals surface area (Å²) in [4.78, 5) is 18.9. The fourth-order valence-corrected chi connectivity index (χ4v) is 3.64. The zero-order valence-electron chi connectivity index (χ0n) is 18.6. The molecular formula is C25H30N4O2. The van der Waals surface area contributed by atoms with Gasteiger partial charge in [-0.1, -0.05) is 25.1 Å². The number of carbonyl (C=O) groups is 1. The minimum absolute atomic E-state index is 0.238. The topological polar surface area (TPSA) is 68.7 Å². The largest absolute Gasteiger partial charge is 0.478 e. The van der Waals surface area contributed by atoms with E-state index in [9.17, 15) is 4.79 Å². The van der Waals surface area contributed by atoms with Gasteiger partial charge in [-0.3, -0.25) is 9.88 Å². The third kappa shape index (κ3) is 5.41. The van der Waals surface area contributed by atoms with Crippen molar-refractivity contribution in [3.8, 4) is 0 Å². The maximum atomic E-state index is 10.5. The first-order chi connectivity index (χ1) is 14.9. The van der Waals surface area contributed by atoms with Crippen molar-refractivity contribution in [2.45, 2.75) is 26.4 Å². The van der Waals surface area contributed by atoms with Crippen LogP contribution in [0, 0.1) is 0 Å². The maximum Gasteiger partial charge on any atom is 0.337 e. The molecule has 2 aromatic carbocycles. The summed E-state index contributed by atoms with van der Waals surface area (Å²) in [6, 6.07) is 17.1. The Morgan fingerprint density at radius 2 is 1.77 bits per heavy atom. The van der Waals surface area contributed by atoms with Gasteiger partial charge in [-0.25, -0.2) is 4.79 Å². The first-order valence-electron chi connectivity index (χ1n) is 10.4. The quantitative estimate of drug-likeness (QED) is 0.621. The molecule has 2 heterocycles. The first-order valence-corrected chi connectivity index (χ1v) is 10.4. The molecule has 1 aromatic heterocycles. The van der Waals surface area contributed by atoms with Crippen LogP contribution in [-0.2, 0) is 19.5 Å². The molecule has 0 saturated heterocycles. The highest BCUT2D eigenvalue weighted by Gasteiger charge is 2.16. The number of nitrogens with zero attached hydrogens (tertiary/aromatic N) is 3. The number of rotatable bonds is 5. The van der Waals surface area contributed by atoms with Gasteiger partial charge in [-0.05, 0) is 60.5 Å². The summed E-state index contributed by atoms with van der Waals surface area (Å²) < 4.78 is 0. The molecular weight excluding hydrogens is 388 g/mol. The van der Waals surface area contributed by atoms with Gasteiger partial charge in [0.2, 0.25) is 0 Å². The number of hydrogen-bond donors (Lipinski definition) is 2. The van der Waals surface area contributed by atoms with Crippen molar-refractivity contribution >= 4 is 23.0 Å². The van der Waals surface area contributed by atoms with Gasteiger partial charge in [0.05, 0.1) is 17.4 Å². The van der Waals surface area contributed by atoms with E-state index in [0.717, 1.165) is 19.5 Å². The van der Waals surface area contributed by atoms with Gasteiger partial charge in [0.25, 0.3) is 0 Å². The number of aromatic carboxylic acids is 1. The van der Waals surface area contributed by atoms with Crippen molar-refractivity contribution in [2.24, 2.45) is 0 Å². The van der Waals surface area contributed by atoms with Crippen molar-refractivity contribution in [2.75, 3.05) is 31.4 Å². The zero-order chi connectivity index (χ0) is 22.4. The first kappa shape index (κ1) is 22.3. The molecule has 3 aromatic rings. The lowest BCUT2D eigenvalue weighted by molar-refractivity contribution is 0.0698. The minimum atomic E-state index is -0.947. The summed E-state index contributed by atoms with van der Waals surface area (Å²) in [5, 5.41) is 11.4. The third-order valence-corrected chi connectivity index (χ3v) is 5.51. The highest BCUT2D eigenvalue weighted by atomic mass is 16.4. The molecule has 0 unspecified atom stereocenters. The average molecular weight is 419 g/mol. The van der Waals surface area contributed by atoms with Gasteiger partial charge in [0.15, 0.2) is 0 Å². The molecule has 6 heteroatoms. The fraction of sp³-hybridized carbons (Fsp3) is 0.280. The Balaban J connectivity index is 0.000000210. The summed E-state index contributed by atoms with van der Waals surface area (Å²) >= 11 is 0. The lowest BCUT2D eigenvalue weighted by Gasteiger charge is -2.20. The zero-order valence-corrected chi connectivity index (χ0v) is 18.6. The van der Waals surface area contributed by atoms with Crippen LogP contribution in [0.3, 0.4) is 0 Å². The number of fused-ring (bicyclic) bond motifs is 1. The molecule has 0 fully saturated rings. The number of hydrogen-bond acceptors (Lipinski definition) is 5. The number of benzene rings is 2. The van der Waals surface area contributed by atoms with Gasteiger partial charge in [-0.15, -0.1) is 0 Å². The smallest absolute Gasteiger partial charge is 0.337 e. The Morgan fingerprint density at radius 1 is 1.10 bits per heavy atom. The SMILES string of the molecule is CCc1ccc(N(C)c2ccc3c(c2)CN(C)C3)cc1.CNc1cnccc1C(=O)O. The van der Waals surface area contributed by atoms with Crippen molar-refractivity contribution in [3.63, 3.8) is 0 Å². The normalized spacial score (nSPS) is 12.5. The molecule has 0 amide bonds. The second-order valence-electron chi connectivity index (χ2n) is 7.68.